The molecule has 1 saturated heterocycles. The number of anilines is 1. The predicted molar refractivity (Wildman–Crippen MR) is 135 cm³/mol. The van der Waals surface area contributed by atoms with Crippen molar-refractivity contribution in [2.24, 2.45) is 0 Å². The smallest absolute Gasteiger partial charge is 0.273 e. The largest absolute Gasteiger partial charge is 0.369 e. The number of nitrogens with one attached hydrogen (secondary N) is 1. The molecule has 2 aliphatic rings. The molecule has 1 unspecified atom stereocenters. The number of hydrogen-bond donors (Lipinski definition) is 1. The number of nitrogens with zero attached hydrogens (tertiary/aromatic N) is 5. The topological polar surface area (TPSA) is 66.3 Å². The van der Waals surface area contributed by atoms with Crippen LogP contribution in [-0.4, -0.2) is 64.6 Å². The lowest BCUT2D eigenvalue weighted by molar-refractivity contribution is 0.0929. The van der Waals surface area contributed by atoms with Gasteiger partial charge < -0.3 is 10.2 Å². The third kappa shape index (κ3) is 5.14. The summed E-state index contributed by atoms with van der Waals surface area (Å²) in [5.74, 6) is 0.261. The van der Waals surface area contributed by atoms with Gasteiger partial charge in [0.15, 0.2) is 5.69 Å². The molecule has 0 radical (unpaired) electrons. The maximum absolute atomic E-state index is 13.1. The van der Waals surface area contributed by atoms with Crippen molar-refractivity contribution in [1.29, 1.82) is 0 Å². The van der Waals surface area contributed by atoms with Gasteiger partial charge in [0.1, 0.15) is 0 Å². The van der Waals surface area contributed by atoms with Gasteiger partial charge in [0.25, 0.3) is 5.91 Å². The van der Waals surface area contributed by atoms with Crippen LogP contribution in [0, 0.1) is 6.92 Å². The van der Waals surface area contributed by atoms with Gasteiger partial charge in [-0.05, 0) is 62.9 Å². The first-order valence-corrected chi connectivity index (χ1v) is 12.4. The highest BCUT2D eigenvalue weighted by molar-refractivity contribution is 5.93. The minimum atomic E-state index is -0.110. The molecule has 2 fully saturated rings. The molecule has 1 aliphatic heterocycles. The number of rotatable bonds is 8. The molecule has 0 spiro atoms. The summed E-state index contributed by atoms with van der Waals surface area (Å²) in [5, 5.41) is 11.8. The highest BCUT2D eigenvalue weighted by atomic mass is 16.2. The molecule has 2 aromatic carbocycles. The van der Waals surface area contributed by atoms with Gasteiger partial charge in [-0.1, -0.05) is 35.5 Å². The van der Waals surface area contributed by atoms with E-state index in [0.29, 0.717) is 11.6 Å². The van der Waals surface area contributed by atoms with Crippen LogP contribution in [0.2, 0.25) is 0 Å². The zero-order chi connectivity index (χ0) is 23.5. The maximum Gasteiger partial charge on any atom is 0.273 e. The Morgan fingerprint density at radius 3 is 2.47 bits per heavy atom. The molecule has 34 heavy (non-hydrogen) atoms. The standard InChI is InChI=1S/C27H34N6O/c1-20-7-6-10-24(19-20)32-17-15-31(16-18-32)14-13-21(2)28-27(34)25-26(22-11-12-22)33(30-29-25)23-8-4-3-5-9-23/h3-10,19,21-22H,11-18H2,1-2H3,(H,28,34). The van der Waals surface area contributed by atoms with Crippen LogP contribution < -0.4 is 10.2 Å². The summed E-state index contributed by atoms with van der Waals surface area (Å²) in [4.78, 5) is 18.0. The highest BCUT2D eigenvalue weighted by Gasteiger charge is 2.34. The van der Waals surface area contributed by atoms with Crippen LogP contribution in [0.1, 0.15) is 53.8 Å². The molecule has 5 rings (SSSR count). The Labute approximate surface area is 201 Å². The van der Waals surface area contributed by atoms with Crippen molar-refractivity contribution in [1.82, 2.24) is 25.2 Å². The summed E-state index contributed by atoms with van der Waals surface area (Å²) in [6, 6.07) is 18.8. The van der Waals surface area contributed by atoms with Crippen LogP contribution in [0.5, 0.6) is 0 Å². The quantitative estimate of drug-likeness (QED) is 0.556. The number of carbonyl (C=O) groups is 1. The highest BCUT2D eigenvalue weighted by Crippen LogP contribution is 2.42. The summed E-state index contributed by atoms with van der Waals surface area (Å²) in [6.45, 7) is 9.38. The first-order valence-electron chi connectivity index (χ1n) is 12.4. The Balaban J connectivity index is 1.14. The number of benzene rings is 2. The average molecular weight is 459 g/mol. The molecular formula is C27H34N6O. The number of carbonyl (C=O) groups excluding carboxylic acids is 1. The van der Waals surface area contributed by atoms with Gasteiger partial charge in [-0.3, -0.25) is 9.69 Å². The van der Waals surface area contributed by atoms with E-state index in [1.807, 2.05) is 35.0 Å². The Morgan fingerprint density at radius 1 is 1.03 bits per heavy atom. The summed E-state index contributed by atoms with van der Waals surface area (Å²) in [5.41, 5.74) is 5.00. The van der Waals surface area contributed by atoms with Gasteiger partial charge in [0.2, 0.25) is 0 Å². The molecule has 1 atom stereocenters. The van der Waals surface area contributed by atoms with Crippen molar-refractivity contribution in [3.8, 4) is 5.69 Å². The van der Waals surface area contributed by atoms with E-state index in [4.69, 9.17) is 0 Å². The minimum Gasteiger partial charge on any atom is -0.369 e. The molecule has 178 valence electrons. The summed E-state index contributed by atoms with van der Waals surface area (Å²) in [7, 11) is 0. The fourth-order valence-electron chi connectivity index (χ4n) is 4.73. The van der Waals surface area contributed by atoms with Crippen molar-refractivity contribution in [2.75, 3.05) is 37.6 Å². The van der Waals surface area contributed by atoms with Crippen molar-refractivity contribution in [3.63, 3.8) is 0 Å². The lowest BCUT2D eigenvalue weighted by Crippen LogP contribution is -2.47. The second-order valence-corrected chi connectivity index (χ2v) is 9.68. The minimum absolute atomic E-state index is 0.0798. The number of piperazine rings is 1. The number of para-hydroxylation sites is 1. The lowest BCUT2D eigenvalue weighted by Gasteiger charge is -2.36. The van der Waals surface area contributed by atoms with Gasteiger partial charge in [-0.25, -0.2) is 4.68 Å². The van der Waals surface area contributed by atoms with Crippen LogP contribution in [0.4, 0.5) is 5.69 Å². The summed E-state index contributed by atoms with van der Waals surface area (Å²) in [6.07, 6.45) is 3.09. The zero-order valence-corrected chi connectivity index (χ0v) is 20.2. The number of aromatic nitrogens is 3. The zero-order valence-electron chi connectivity index (χ0n) is 20.2. The molecule has 7 heteroatoms. The van der Waals surface area contributed by atoms with E-state index in [1.54, 1.807) is 0 Å². The van der Waals surface area contributed by atoms with E-state index in [0.717, 1.165) is 63.4 Å². The normalized spacial score (nSPS) is 17.5. The summed E-state index contributed by atoms with van der Waals surface area (Å²) < 4.78 is 1.84. The predicted octanol–water partition coefficient (Wildman–Crippen LogP) is 3.78. The van der Waals surface area contributed by atoms with Gasteiger partial charge in [0, 0.05) is 50.4 Å². The Morgan fingerprint density at radius 2 is 1.76 bits per heavy atom. The van der Waals surface area contributed by atoms with Crippen LogP contribution in [0.25, 0.3) is 5.69 Å². The number of aryl methyl sites for hydroxylation is 1. The third-order valence-electron chi connectivity index (χ3n) is 6.88. The van der Waals surface area contributed by atoms with Gasteiger partial charge in [-0.15, -0.1) is 5.10 Å². The maximum atomic E-state index is 13.1. The average Bonchev–Trinajstić information content (AvgIpc) is 3.61. The lowest BCUT2D eigenvalue weighted by atomic mass is 10.1. The fraction of sp³-hybridized carbons (Fsp3) is 0.444. The van der Waals surface area contributed by atoms with Gasteiger partial charge in [-0.2, -0.15) is 0 Å². The van der Waals surface area contributed by atoms with Gasteiger partial charge >= 0.3 is 0 Å². The monoisotopic (exact) mass is 458 g/mol. The number of hydrogen-bond acceptors (Lipinski definition) is 5. The molecule has 0 bridgehead atoms. The van der Waals surface area contributed by atoms with E-state index in [1.165, 1.54) is 11.3 Å². The van der Waals surface area contributed by atoms with E-state index in [9.17, 15) is 4.79 Å². The Bertz CT molecular complexity index is 1120. The molecule has 2 heterocycles. The SMILES string of the molecule is Cc1cccc(N2CCN(CCC(C)NC(=O)c3nnn(-c4ccccc4)c3C3CC3)CC2)c1. The third-order valence-corrected chi connectivity index (χ3v) is 6.88. The number of amides is 1. The fourth-order valence-corrected chi connectivity index (χ4v) is 4.73. The summed E-state index contributed by atoms with van der Waals surface area (Å²) >= 11 is 0. The first kappa shape index (κ1) is 22.6. The van der Waals surface area contributed by atoms with E-state index in [-0.39, 0.29) is 11.9 Å². The Hall–Kier alpha value is -3.19. The second-order valence-electron chi connectivity index (χ2n) is 9.68. The van der Waals surface area contributed by atoms with Crippen molar-refractivity contribution in [2.45, 2.75) is 45.1 Å². The van der Waals surface area contributed by atoms with E-state index < -0.39 is 0 Å². The van der Waals surface area contributed by atoms with E-state index >= 15 is 0 Å². The van der Waals surface area contributed by atoms with Gasteiger partial charge in [0.05, 0.1) is 11.4 Å². The molecule has 1 saturated carbocycles. The molecule has 1 N–H and O–H groups in total. The molecular weight excluding hydrogens is 424 g/mol. The molecule has 1 aliphatic carbocycles. The molecule has 7 nitrogen and oxygen atoms in total. The molecule has 1 aromatic heterocycles. The van der Waals surface area contributed by atoms with Crippen LogP contribution in [0.3, 0.4) is 0 Å². The van der Waals surface area contributed by atoms with Crippen LogP contribution >= 0.6 is 0 Å². The second kappa shape index (κ2) is 9.97. The van der Waals surface area contributed by atoms with E-state index in [2.05, 4.69) is 63.5 Å². The van der Waals surface area contributed by atoms with Crippen LogP contribution in [-0.2, 0) is 0 Å². The van der Waals surface area contributed by atoms with Crippen LogP contribution in [0.15, 0.2) is 54.6 Å². The molecule has 3 aromatic rings. The van der Waals surface area contributed by atoms with Crippen molar-refractivity contribution >= 4 is 11.6 Å². The first-order chi connectivity index (χ1) is 16.6. The Kier molecular flexibility index (Phi) is 6.63. The van der Waals surface area contributed by atoms with Crippen molar-refractivity contribution < 1.29 is 4.79 Å². The molecule has 1 amide bonds. The van der Waals surface area contributed by atoms with Crippen molar-refractivity contribution in [3.05, 3.63) is 71.5 Å².